The Morgan fingerprint density at radius 3 is 2.43 bits per heavy atom. The molecule has 1 aliphatic carbocycles. The summed E-state index contributed by atoms with van der Waals surface area (Å²) >= 11 is 0. The summed E-state index contributed by atoms with van der Waals surface area (Å²) in [4.78, 5) is 33.1. The minimum absolute atomic E-state index is 0.0374. The molecule has 0 amide bonds. The summed E-state index contributed by atoms with van der Waals surface area (Å²) in [6.07, 6.45) is 5.52. The first-order valence-electron chi connectivity index (χ1n) is 12.4. The Kier molecular flexibility index (Phi) is 6.09. The fourth-order valence-electron chi connectivity index (χ4n) is 5.49. The summed E-state index contributed by atoms with van der Waals surface area (Å²) in [5.74, 6) is 0.195. The van der Waals surface area contributed by atoms with Crippen molar-refractivity contribution in [1.82, 2.24) is 35.1 Å². The number of aromatic nitrogens is 6. The number of aryl methyl sites for hydroxylation is 1. The number of hydrogen-bond acceptors (Lipinski definition) is 9. The van der Waals surface area contributed by atoms with Crippen LogP contribution >= 0.6 is 0 Å². The van der Waals surface area contributed by atoms with Crippen molar-refractivity contribution in [3.05, 3.63) is 45.8 Å². The molecule has 3 aromatic rings. The molecule has 1 aromatic carbocycles. The lowest BCUT2D eigenvalue weighted by Crippen LogP contribution is -2.60. The smallest absolute Gasteiger partial charge is 0.366 e. The maximum atomic E-state index is 15.3. The van der Waals surface area contributed by atoms with Gasteiger partial charge in [-0.3, -0.25) is 4.79 Å². The largest absolute Gasteiger partial charge is 0.368 e. The van der Waals surface area contributed by atoms with Crippen LogP contribution in [0.2, 0.25) is 0 Å². The fraction of sp³-hybridized carbons (Fsp3) is 0.520. The third kappa shape index (κ3) is 5.24. The average molecular weight is 510 g/mol. The van der Waals surface area contributed by atoms with Gasteiger partial charge in [-0.05, 0) is 81.9 Å². The van der Waals surface area contributed by atoms with Crippen LogP contribution in [0.1, 0.15) is 75.2 Å². The minimum Gasteiger partial charge on any atom is -0.366 e. The second-order valence-electron chi connectivity index (χ2n) is 11.3. The van der Waals surface area contributed by atoms with Gasteiger partial charge in [-0.25, -0.2) is 14.2 Å². The quantitative estimate of drug-likeness (QED) is 0.411. The molecule has 11 nitrogen and oxygen atoms in total. The number of anilines is 3. The van der Waals surface area contributed by atoms with Gasteiger partial charge >= 0.3 is 5.69 Å². The maximum Gasteiger partial charge on any atom is 0.368 e. The first-order valence-corrected chi connectivity index (χ1v) is 12.4. The van der Waals surface area contributed by atoms with Crippen molar-refractivity contribution < 1.29 is 9.18 Å². The van der Waals surface area contributed by atoms with Crippen LogP contribution in [0.5, 0.6) is 0 Å². The Morgan fingerprint density at radius 2 is 1.84 bits per heavy atom. The molecule has 1 saturated heterocycles. The number of aldehydes is 1. The van der Waals surface area contributed by atoms with Crippen LogP contribution in [0.15, 0.2) is 23.1 Å². The predicted molar refractivity (Wildman–Crippen MR) is 137 cm³/mol. The Bertz CT molecular complexity index is 1390. The van der Waals surface area contributed by atoms with Crippen molar-refractivity contribution in [3.8, 4) is 5.69 Å². The zero-order valence-corrected chi connectivity index (χ0v) is 21.7. The molecule has 37 heavy (non-hydrogen) atoms. The molecule has 2 fully saturated rings. The third-order valence-corrected chi connectivity index (χ3v) is 6.77. The van der Waals surface area contributed by atoms with E-state index in [0.717, 1.165) is 35.0 Å². The zero-order valence-electron chi connectivity index (χ0n) is 21.7. The number of carbonyl (C=O) groups excluding carboxylic acids is 1. The van der Waals surface area contributed by atoms with E-state index in [1.165, 1.54) is 19.3 Å². The topological polar surface area (TPSA) is 132 Å². The molecule has 0 spiro atoms. The molecule has 2 aliphatic rings. The summed E-state index contributed by atoms with van der Waals surface area (Å²) < 4.78 is 17.5. The first kappa shape index (κ1) is 25.0. The van der Waals surface area contributed by atoms with Crippen molar-refractivity contribution in [1.29, 1.82) is 0 Å². The molecule has 0 unspecified atom stereocenters. The molecular formula is C25H32FN9O2. The number of piperidine rings is 1. The van der Waals surface area contributed by atoms with Crippen molar-refractivity contribution in [2.45, 2.75) is 76.4 Å². The number of halogens is 1. The number of nitrogens with one attached hydrogen (secondary N) is 3. The first-order chi connectivity index (χ1) is 17.4. The Balaban J connectivity index is 1.46. The van der Waals surface area contributed by atoms with Gasteiger partial charge in [0.05, 0.1) is 11.3 Å². The van der Waals surface area contributed by atoms with Crippen molar-refractivity contribution in [3.63, 3.8) is 0 Å². The molecule has 12 heteroatoms. The van der Waals surface area contributed by atoms with E-state index < -0.39 is 11.5 Å². The summed E-state index contributed by atoms with van der Waals surface area (Å²) in [5, 5.41) is 17.8. The molecule has 0 radical (unpaired) electrons. The Morgan fingerprint density at radius 1 is 1.14 bits per heavy atom. The second kappa shape index (κ2) is 9.02. The molecule has 1 aliphatic heterocycles. The summed E-state index contributed by atoms with van der Waals surface area (Å²) in [6, 6.07) is 3.09. The van der Waals surface area contributed by atoms with Gasteiger partial charge in [0.15, 0.2) is 6.29 Å². The fourth-order valence-corrected chi connectivity index (χ4v) is 5.49. The molecule has 1 saturated carbocycles. The van der Waals surface area contributed by atoms with E-state index in [9.17, 15) is 9.59 Å². The number of nitrogens with zero attached hydrogens (tertiary/aromatic N) is 6. The van der Waals surface area contributed by atoms with Gasteiger partial charge in [-0.1, -0.05) is 0 Å². The number of benzene rings is 1. The summed E-state index contributed by atoms with van der Waals surface area (Å²) in [5.41, 5.74) is 0.818. The van der Waals surface area contributed by atoms with E-state index in [2.05, 4.69) is 64.0 Å². The van der Waals surface area contributed by atoms with Crippen LogP contribution in [0.25, 0.3) is 5.69 Å². The van der Waals surface area contributed by atoms with Crippen molar-refractivity contribution in [2.24, 2.45) is 7.05 Å². The number of tetrazole rings is 1. The Hall–Kier alpha value is -3.67. The van der Waals surface area contributed by atoms with Crippen LogP contribution in [-0.4, -0.2) is 53.2 Å². The summed E-state index contributed by atoms with van der Waals surface area (Å²) in [6.45, 7) is 8.60. The highest BCUT2D eigenvalue weighted by Crippen LogP contribution is 2.44. The van der Waals surface area contributed by atoms with Gasteiger partial charge in [0.2, 0.25) is 5.95 Å². The molecule has 5 rings (SSSR count). The van der Waals surface area contributed by atoms with Gasteiger partial charge in [0, 0.05) is 41.6 Å². The van der Waals surface area contributed by atoms with Gasteiger partial charge in [-0.15, -0.1) is 0 Å². The molecule has 0 bridgehead atoms. The van der Waals surface area contributed by atoms with Crippen LogP contribution in [0.4, 0.5) is 21.8 Å². The summed E-state index contributed by atoms with van der Waals surface area (Å²) in [7, 11) is 1.49. The van der Waals surface area contributed by atoms with Gasteiger partial charge in [0.1, 0.15) is 11.6 Å². The molecule has 2 aromatic heterocycles. The van der Waals surface area contributed by atoms with Gasteiger partial charge < -0.3 is 16.0 Å². The number of carbonyl (C=O) groups is 1. The van der Waals surface area contributed by atoms with Crippen molar-refractivity contribution >= 4 is 23.7 Å². The normalized spacial score (nSPS) is 19.0. The molecule has 3 N–H and O–H groups in total. The highest BCUT2D eigenvalue weighted by atomic mass is 19.1. The number of rotatable bonds is 7. The molecule has 0 atom stereocenters. The highest BCUT2D eigenvalue weighted by Gasteiger charge is 2.38. The van der Waals surface area contributed by atoms with E-state index in [-0.39, 0.29) is 29.0 Å². The lowest BCUT2D eigenvalue weighted by molar-refractivity contribution is 0.112. The molecule has 196 valence electrons. The zero-order chi connectivity index (χ0) is 26.5. The average Bonchev–Trinajstić information content (AvgIpc) is 3.56. The van der Waals surface area contributed by atoms with Crippen LogP contribution in [-0.2, 0) is 7.05 Å². The lowest BCUT2D eigenvalue weighted by atomic mass is 9.79. The van der Waals surface area contributed by atoms with E-state index in [0.29, 0.717) is 34.6 Å². The maximum absolute atomic E-state index is 15.3. The van der Waals surface area contributed by atoms with Gasteiger partial charge in [-0.2, -0.15) is 14.3 Å². The standard InChI is InChI=1S/C25H32FN9O2/c1-24(2)10-17(11-25(3,4)31-24)28-21-15(13-36)12-27-22(30-21)29-16-8-18(26)20(14-6-7-14)19(9-16)35-23(37)34(5)32-33-35/h8-9,12-14,17,31H,6-7,10-11H2,1-5H3,(H2,27,28,29,30). The predicted octanol–water partition coefficient (Wildman–Crippen LogP) is 3.05. The van der Waals surface area contributed by atoms with E-state index >= 15 is 4.39 Å². The third-order valence-electron chi connectivity index (χ3n) is 6.77. The van der Waals surface area contributed by atoms with E-state index in [1.54, 1.807) is 6.07 Å². The lowest BCUT2D eigenvalue weighted by Gasteiger charge is -2.46. The molecular weight excluding hydrogens is 477 g/mol. The van der Waals surface area contributed by atoms with E-state index in [1.807, 2.05) is 0 Å². The monoisotopic (exact) mass is 509 g/mol. The molecule has 3 heterocycles. The van der Waals surface area contributed by atoms with Crippen LogP contribution < -0.4 is 21.6 Å². The SMILES string of the molecule is Cn1nnn(-c2cc(Nc3ncc(C=O)c(NC4CC(C)(C)NC(C)(C)C4)n3)cc(F)c2C2CC2)c1=O. The number of hydrogen-bond donors (Lipinski definition) is 3. The van der Waals surface area contributed by atoms with E-state index in [4.69, 9.17) is 0 Å². The van der Waals surface area contributed by atoms with Crippen LogP contribution in [0.3, 0.4) is 0 Å². The highest BCUT2D eigenvalue weighted by molar-refractivity contribution is 5.82. The van der Waals surface area contributed by atoms with Gasteiger partial charge in [0.25, 0.3) is 0 Å². The van der Waals surface area contributed by atoms with Crippen molar-refractivity contribution in [2.75, 3.05) is 10.6 Å². The minimum atomic E-state index is -0.468. The Labute approximate surface area is 213 Å². The second-order valence-corrected chi connectivity index (χ2v) is 11.3. The van der Waals surface area contributed by atoms with Crippen LogP contribution in [0, 0.1) is 5.82 Å².